The summed E-state index contributed by atoms with van der Waals surface area (Å²) in [5.41, 5.74) is 0. The van der Waals surface area contributed by atoms with Crippen LogP contribution in [-0.2, 0) is 14.8 Å². The number of rotatable bonds is 5. The summed E-state index contributed by atoms with van der Waals surface area (Å²) >= 11 is 5.65. The van der Waals surface area contributed by atoms with Crippen molar-refractivity contribution in [2.45, 2.75) is 24.3 Å². The van der Waals surface area contributed by atoms with Gasteiger partial charge in [0.15, 0.2) is 0 Å². The predicted octanol–water partition coefficient (Wildman–Crippen LogP) is 1.65. The normalized spacial score (nSPS) is 18.7. The number of carbonyl (C=O) groups is 1. The minimum absolute atomic E-state index is 0.0670. The molecule has 1 aliphatic heterocycles. The second-order valence-corrected chi connectivity index (χ2v) is 7.62. The molecule has 0 aliphatic carbocycles. The van der Waals surface area contributed by atoms with Gasteiger partial charge in [-0.3, -0.25) is 9.69 Å². The Bertz CT molecular complexity index is 690. The van der Waals surface area contributed by atoms with E-state index in [2.05, 4.69) is 0 Å². The van der Waals surface area contributed by atoms with E-state index in [1.165, 1.54) is 10.4 Å². The van der Waals surface area contributed by atoms with Gasteiger partial charge in [-0.15, -0.1) is 0 Å². The van der Waals surface area contributed by atoms with Crippen molar-refractivity contribution in [3.05, 3.63) is 29.0 Å². The number of carboxylic acids is 1. The molecule has 1 fully saturated rings. The molecule has 1 aliphatic rings. The Balaban J connectivity index is 2.12. The first-order valence-corrected chi connectivity index (χ1v) is 9.01. The first-order valence-electron chi connectivity index (χ1n) is 7.19. The zero-order chi connectivity index (χ0) is 17.2. The molecule has 23 heavy (non-hydrogen) atoms. The summed E-state index contributed by atoms with van der Waals surface area (Å²) in [4.78, 5) is 12.9. The molecular weight excluding hydrogens is 347 g/mol. The number of sulfonamides is 1. The molecule has 1 saturated heterocycles. The Morgan fingerprint density at radius 2 is 1.96 bits per heavy atom. The monoisotopic (exact) mass is 364 g/mol. The van der Waals surface area contributed by atoms with E-state index < -0.39 is 27.9 Å². The van der Waals surface area contributed by atoms with Gasteiger partial charge in [0.1, 0.15) is 11.9 Å². The maximum absolute atomic E-state index is 13.2. The molecule has 0 saturated carbocycles. The number of benzene rings is 1. The number of nitrogens with zero attached hydrogens (tertiary/aromatic N) is 2. The zero-order valence-corrected chi connectivity index (χ0v) is 14.1. The van der Waals surface area contributed by atoms with E-state index in [0.29, 0.717) is 19.5 Å². The molecule has 1 aromatic carbocycles. The van der Waals surface area contributed by atoms with Crippen LogP contribution < -0.4 is 0 Å². The van der Waals surface area contributed by atoms with Crippen LogP contribution in [0.1, 0.15) is 13.3 Å². The van der Waals surface area contributed by atoms with Crippen LogP contribution in [0.25, 0.3) is 0 Å². The van der Waals surface area contributed by atoms with Crippen LogP contribution >= 0.6 is 11.6 Å². The maximum Gasteiger partial charge on any atom is 0.320 e. The van der Waals surface area contributed by atoms with Crippen molar-refractivity contribution in [3.8, 4) is 0 Å². The van der Waals surface area contributed by atoms with Gasteiger partial charge in [0.05, 0.1) is 9.92 Å². The SMILES string of the molecule is CCC(C(=O)O)N1CCN(S(=O)(=O)c2ccc(F)c(Cl)c2)CC1. The molecule has 0 aromatic heterocycles. The van der Waals surface area contributed by atoms with Crippen LogP contribution in [0.4, 0.5) is 4.39 Å². The lowest BCUT2D eigenvalue weighted by molar-refractivity contribution is -0.143. The Labute approximate surface area is 139 Å². The van der Waals surface area contributed by atoms with Gasteiger partial charge < -0.3 is 5.11 Å². The Morgan fingerprint density at radius 1 is 1.35 bits per heavy atom. The molecule has 0 spiro atoms. The first-order chi connectivity index (χ1) is 10.8. The van der Waals surface area contributed by atoms with Crippen LogP contribution in [0.2, 0.25) is 5.02 Å². The summed E-state index contributed by atoms with van der Waals surface area (Å²) in [6.07, 6.45) is 0.454. The van der Waals surface area contributed by atoms with E-state index in [0.717, 1.165) is 12.1 Å². The molecule has 1 heterocycles. The third-order valence-electron chi connectivity index (χ3n) is 3.91. The molecule has 128 valence electrons. The topological polar surface area (TPSA) is 77.9 Å². The van der Waals surface area contributed by atoms with Gasteiger partial charge >= 0.3 is 5.97 Å². The lowest BCUT2D eigenvalue weighted by Crippen LogP contribution is -2.53. The van der Waals surface area contributed by atoms with Crippen LogP contribution in [-0.4, -0.2) is 60.9 Å². The van der Waals surface area contributed by atoms with E-state index in [1.807, 2.05) is 0 Å². The highest BCUT2D eigenvalue weighted by molar-refractivity contribution is 7.89. The Kier molecular flexibility index (Phi) is 5.61. The molecule has 6 nitrogen and oxygen atoms in total. The number of carboxylic acid groups (broad SMARTS) is 1. The standard InChI is InChI=1S/C14H18ClFN2O4S/c1-2-13(14(19)20)17-5-7-18(8-6-17)23(21,22)10-3-4-12(16)11(15)9-10/h3-4,9,13H,2,5-8H2,1H3,(H,19,20). The predicted molar refractivity (Wildman–Crippen MR) is 83.5 cm³/mol. The molecule has 1 aromatic rings. The number of hydrogen-bond donors (Lipinski definition) is 1. The number of aliphatic carboxylic acids is 1. The molecule has 0 radical (unpaired) electrons. The smallest absolute Gasteiger partial charge is 0.320 e. The molecule has 0 bridgehead atoms. The van der Waals surface area contributed by atoms with Gasteiger partial charge in [0, 0.05) is 26.2 Å². The number of hydrogen-bond acceptors (Lipinski definition) is 4. The van der Waals surface area contributed by atoms with E-state index in [1.54, 1.807) is 11.8 Å². The summed E-state index contributed by atoms with van der Waals surface area (Å²) in [6, 6.07) is 2.67. The summed E-state index contributed by atoms with van der Waals surface area (Å²) in [6.45, 7) is 2.81. The van der Waals surface area contributed by atoms with Crippen LogP contribution in [0.5, 0.6) is 0 Å². The van der Waals surface area contributed by atoms with E-state index in [-0.39, 0.29) is 23.0 Å². The lowest BCUT2D eigenvalue weighted by atomic mass is 10.1. The molecule has 2 rings (SSSR count). The lowest BCUT2D eigenvalue weighted by Gasteiger charge is -2.36. The van der Waals surface area contributed by atoms with Gasteiger partial charge in [-0.25, -0.2) is 12.8 Å². The third kappa shape index (κ3) is 3.82. The summed E-state index contributed by atoms with van der Waals surface area (Å²) in [5, 5.41) is 8.91. The third-order valence-corrected chi connectivity index (χ3v) is 6.10. The van der Waals surface area contributed by atoms with Crippen LogP contribution in [0.3, 0.4) is 0 Å². The van der Waals surface area contributed by atoms with Gasteiger partial charge in [-0.1, -0.05) is 18.5 Å². The van der Waals surface area contributed by atoms with Crippen molar-refractivity contribution in [2.75, 3.05) is 26.2 Å². The van der Waals surface area contributed by atoms with Crippen molar-refractivity contribution in [1.29, 1.82) is 0 Å². The molecule has 1 unspecified atom stereocenters. The van der Waals surface area contributed by atoms with E-state index in [9.17, 15) is 17.6 Å². The minimum atomic E-state index is -3.77. The first kappa shape index (κ1) is 18.1. The number of piperazine rings is 1. The number of halogens is 2. The second kappa shape index (κ2) is 7.12. The summed E-state index contributed by atoms with van der Waals surface area (Å²) in [7, 11) is -3.77. The summed E-state index contributed by atoms with van der Waals surface area (Å²) in [5.74, 6) is -1.59. The highest BCUT2D eigenvalue weighted by atomic mass is 35.5. The second-order valence-electron chi connectivity index (χ2n) is 5.28. The fraction of sp³-hybridized carbons (Fsp3) is 0.500. The Morgan fingerprint density at radius 3 is 2.43 bits per heavy atom. The average Bonchev–Trinajstić information content (AvgIpc) is 2.51. The molecule has 1 atom stereocenters. The van der Waals surface area contributed by atoms with Crippen LogP contribution in [0, 0.1) is 5.82 Å². The minimum Gasteiger partial charge on any atom is -0.480 e. The van der Waals surface area contributed by atoms with Gasteiger partial charge in [-0.2, -0.15) is 4.31 Å². The molecule has 1 N–H and O–H groups in total. The fourth-order valence-corrected chi connectivity index (χ4v) is 4.33. The van der Waals surface area contributed by atoms with Gasteiger partial charge in [0.2, 0.25) is 10.0 Å². The van der Waals surface area contributed by atoms with Crippen molar-refractivity contribution >= 4 is 27.6 Å². The van der Waals surface area contributed by atoms with Crippen molar-refractivity contribution in [2.24, 2.45) is 0 Å². The quantitative estimate of drug-likeness (QED) is 0.859. The zero-order valence-electron chi connectivity index (χ0n) is 12.6. The maximum atomic E-state index is 13.2. The average molecular weight is 365 g/mol. The van der Waals surface area contributed by atoms with Crippen molar-refractivity contribution in [1.82, 2.24) is 9.21 Å². The summed E-state index contributed by atoms with van der Waals surface area (Å²) < 4.78 is 39.5. The molecule has 9 heteroatoms. The van der Waals surface area contributed by atoms with E-state index >= 15 is 0 Å². The highest BCUT2D eigenvalue weighted by Crippen LogP contribution is 2.23. The van der Waals surface area contributed by atoms with E-state index in [4.69, 9.17) is 16.7 Å². The largest absolute Gasteiger partial charge is 0.480 e. The Hall–Kier alpha value is -1.22. The van der Waals surface area contributed by atoms with Gasteiger partial charge in [-0.05, 0) is 24.6 Å². The van der Waals surface area contributed by atoms with Crippen LogP contribution in [0.15, 0.2) is 23.1 Å². The van der Waals surface area contributed by atoms with Crippen molar-refractivity contribution < 1.29 is 22.7 Å². The fourth-order valence-electron chi connectivity index (χ4n) is 2.63. The van der Waals surface area contributed by atoms with Gasteiger partial charge in [0.25, 0.3) is 0 Å². The van der Waals surface area contributed by atoms with Crippen molar-refractivity contribution in [3.63, 3.8) is 0 Å². The molecule has 0 amide bonds. The molecular formula is C14H18ClFN2O4S. The highest BCUT2D eigenvalue weighted by Gasteiger charge is 2.32.